The lowest BCUT2D eigenvalue weighted by atomic mass is 9.98. The lowest BCUT2D eigenvalue weighted by Crippen LogP contribution is -2.02. The van der Waals surface area contributed by atoms with E-state index in [2.05, 4.69) is 27.0 Å². The lowest BCUT2D eigenvalue weighted by Gasteiger charge is -2.14. The Labute approximate surface area is 187 Å². The molecule has 0 bridgehead atoms. The molecule has 0 radical (unpaired) electrons. The molecule has 2 N–H and O–H groups in total. The molecular formula is C25H17BrFN3O. The van der Waals surface area contributed by atoms with E-state index in [9.17, 15) is 9.65 Å². The highest BCUT2D eigenvalue weighted by Crippen LogP contribution is 2.36. The predicted molar refractivity (Wildman–Crippen MR) is 123 cm³/mol. The first-order chi connectivity index (χ1) is 15.0. The molecule has 6 heteroatoms. The molecule has 0 atom stereocenters. The van der Waals surface area contributed by atoms with Crippen LogP contribution in [0.2, 0.25) is 0 Å². The number of hydrogen-bond acceptors (Lipinski definition) is 4. The van der Waals surface area contributed by atoms with Gasteiger partial charge in [-0.2, -0.15) is 5.26 Å². The summed E-state index contributed by atoms with van der Waals surface area (Å²) in [5.41, 5.74) is 9.69. The molecule has 152 valence electrons. The van der Waals surface area contributed by atoms with Crippen molar-refractivity contribution in [2.24, 2.45) is 0 Å². The zero-order valence-corrected chi connectivity index (χ0v) is 17.9. The summed E-state index contributed by atoms with van der Waals surface area (Å²) >= 11 is 3.41. The first kappa shape index (κ1) is 20.6. The molecular weight excluding hydrogens is 457 g/mol. The maximum absolute atomic E-state index is 14.1. The number of ether oxygens (including phenoxy) is 1. The van der Waals surface area contributed by atoms with Crippen molar-refractivity contribution in [3.05, 3.63) is 100 Å². The maximum Gasteiger partial charge on any atom is 0.142 e. The van der Waals surface area contributed by atoms with Crippen molar-refractivity contribution >= 4 is 21.7 Å². The molecule has 3 aromatic carbocycles. The predicted octanol–water partition coefficient (Wildman–Crippen LogP) is 6.35. The van der Waals surface area contributed by atoms with Gasteiger partial charge in [0, 0.05) is 15.6 Å². The molecule has 0 aliphatic carbocycles. The Kier molecular flexibility index (Phi) is 5.96. The molecule has 1 aromatic heterocycles. The van der Waals surface area contributed by atoms with Crippen LogP contribution in [-0.2, 0) is 6.61 Å². The summed E-state index contributed by atoms with van der Waals surface area (Å²) < 4.78 is 21.0. The highest BCUT2D eigenvalue weighted by Gasteiger charge is 2.17. The van der Waals surface area contributed by atoms with Crippen molar-refractivity contribution in [2.75, 3.05) is 5.73 Å². The molecule has 1 heterocycles. The second-order valence-corrected chi connectivity index (χ2v) is 7.76. The average Bonchev–Trinajstić information content (AvgIpc) is 2.79. The van der Waals surface area contributed by atoms with Crippen LogP contribution in [0.4, 0.5) is 10.2 Å². The van der Waals surface area contributed by atoms with Crippen molar-refractivity contribution in [3.8, 4) is 34.2 Å². The highest BCUT2D eigenvalue weighted by atomic mass is 79.9. The quantitative estimate of drug-likeness (QED) is 0.366. The number of nitrogens with zero attached hydrogens (tertiary/aromatic N) is 2. The van der Waals surface area contributed by atoms with Gasteiger partial charge in [0.15, 0.2) is 0 Å². The molecule has 0 aliphatic heterocycles. The fourth-order valence-corrected chi connectivity index (χ4v) is 3.51. The molecule has 0 unspecified atom stereocenters. The van der Waals surface area contributed by atoms with E-state index in [1.807, 2.05) is 54.6 Å². The largest absolute Gasteiger partial charge is 0.488 e. The zero-order valence-electron chi connectivity index (χ0n) is 16.3. The number of hydrogen-bond donors (Lipinski definition) is 1. The fraction of sp³-hybridized carbons (Fsp3) is 0.0400. The van der Waals surface area contributed by atoms with Gasteiger partial charge in [0.05, 0.1) is 5.69 Å². The monoisotopic (exact) mass is 473 g/mol. The number of pyridine rings is 1. The Balaban J connectivity index is 1.79. The maximum atomic E-state index is 14.1. The van der Waals surface area contributed by atoms with Crippen LogP contribution in [0, 0.1) is 17.1 Å². The third kappa shape index (κ3) is 4.57. The summed E-state index contributed by atoms with van der Waals surface area (Å²) in [6, 6.07) is 25.3. The molecule has 4 aromatic rings. The van der Waals surface area contributed by atoms with Crippen molar-refractivity contribution in [1.29, 1.82) is 5.26 Å². The Morgan fingerprint density at radius 1 is 0.968 bits per heavy atom. The van der Waals surface area contributed by atoms with Crippen LogP contribution in [0.3, 0.4) is 0 Å². The van der Waals surface area contributed by atoms with Crippen LogP contribution in [0.25, 0.3) is 22.4 Å². The van der Waals surface area contributed by atoms with Crippen LogP contribution in [-0.4, -0.2) is 4.98 Å². The minimum atomic E-state index is -0.419. The third-order valence-electron chi connectivity index (χ3n) is 4.77. The second kappa shape index (κ2) is 8.99. The molecule has 4 nitrogen and oxygen atoms in total. The second-order valence-electron chi connectivity index (χ2n) is 6.85. The van der Waals surface area contributed by atoms with E-state index in [4.69, 9.17) is 10.5 Å². The normalized spacial score (nSPS) is 10.5. The SMILES string of the molecule is N#Cc1c(-c2ccc(Br)cc2)cc(-c2cc(F)ccc2OCc2ccccc2)nc1N. The smallest absolute Gasteiger partial charge is 0.142 e. The van der Waals surface area contributed by atoms with Crippen LogP contribution in [0.15, 0.2) is 83.3 Å². The van der Waals surface area contributed by atoms with E-state index in [0.717, 1.165) is 15.6 Å². The average molecular weight is 474 g/mol. The third-order valence-corrected chi connectivity index (χ3v) is 5.30. The fourth-order valence-electron chi connectivity index (χ4n) is 3.24. The van der Waals surface area contributed by atoms with Crippen molar-refractivity contribution in [3.63, 3.8) is 0 Å². The number of benzene rings is 3. The number of nitriles is 1. The van der Waals surface area contributed by atoms with E-state index in [1.165, 1.54) is 12.1 Å². The lowest BCUT2D eigenvalue weighted by molar-refractivity contribution is 0.307. The summed E-state index contributed by atoms with van der Waals surface area (Å²) in [7, 11) is 0. The topological polar surface area (TPSA) is 71.9 Å². The molecule has 0 saturated heterocycles. The Morgan fingerprint density at radius 3 is 2.42 bits per heavy atom. The zero-order chi connectivity index (χ0) is 21.8. The molecule has 0 spiro atoms. The summed E-state index contributed by atoms with van der Waals surface area (Å²) in [5, 5.41) is 9.62. The molecule has 0 amide bonds. The standard InChI is InChI=1S/C25H17BrFN3O/c26-18-8-6-17(7-9-18)20-13-23(30-25(29)22(20)14-28)21-12-19(27)10-11-24(21)31-15-16-4-2-1-3-5-16/h1-13H,15H2,(H2,29,30). The van der Waals surface area contributed by atoms with Crippen molar-refractivity contribution in [2.45, 2.75) is 6.61 Å². The van der Waals surface area contributed by atoms with E-state index >= 15 is 0 Å². The minimum Gasteiger partial charge on any atom is -0.488 e. The molecule has 0 saturated carbocycles. The van der Waals surface area contributed by atoms with Crippen LogP contribution < -0.4 is 10.5 Å². The molecule has 0 fully saturated rings. The van der Waals surface area contributed by atoms with Gasteiger partial charge in [-0.15, -0.1) is 0 Å². The van der Waals surface area contributed by atoms with Gasteiger partial charge in [-0.25, -0.2) is 9.37 Å². The summed E-state index contributed by atoms with van der Waals surface area (Å²) in [4.78, 5) is 4.37. The van der Waals surface area contributed by atoms with Crippen molar-refractivity contribution in [1.82, 2.24) is 4.98 Å². The molecule has 31 heavy (non-hydrogen) atoms. The van der Waals surface area contributed by atoms with Gasteiger partial charge >= 0.3 is 0 Å². The van der Waals surface area contributed by atoms with Crippen LogP contribution in [0.5, 0.6) is 5.75 Å². The minimum absolute atomic E-state index is 0.0798. The highest BCUT2D eigenvalue weighted by molar-refractivity contribution is 9.10. The van der Waals surface area contributed by atoms with Gasteiger partial charge in [-0.05, 0) is 47.5 Å². The van der Waals surface area contributed by atoms with E-state index < -0.39 is 5.82 Å². The summed E-state index contributed by atoms with van der Waals surface area (Å²) in [6.45, 7) is 0.324. The number of rotatable bonds is 5. The summed E-state index contributed by atoms with van der Waals surface area (Å²) in [5.74, 6) is 0.136. The number of aromatic nitrogens is 1. The van der Waals surface area contributed by atoms with Crippen LogP contribution in [0.1, 0.15) is 11.1 Å². The molecule has 4 rings (SSSR count). The van der Waals surface area contributed by atoms with Crippen LogP contribution >= 0.6 is 15.9 Å². The van der Waals surface area contributed by atoms with E-state index in [1.54, 1.807) is 12.1 Å². The number of nitrogens with two attached hydrogens (primary N) is 1. The van der Waals surface area contributed by atoms with Gasteiger partial charge in [-0.1, -0.05) is 58.4 Å². The number of halogens is 2. The number of nitrogen functional groups attached to an aromatic ring is 1. The summed E-state index contributed by atoms with van der Waals surface area (Å²) in [6.07, 6.45) is 0. The van der Waals surface area contributed by atoms with Gasteiger partial charge in [0.1, 0.15) is 35.6 Å². The first-order valence-electron chi connectivity index (χ1n) is 9.48. The van der Waals surface area contributed by atoms with Gasteiger partial charge < -0.3 is 10.5 Å². The Hall–Kier alpha value is -3.69. The number of anilines is 1. The van der Waals surface area contributed by atoms with E-state index in [0.29, 0.717) is 29.2 Å². The van der Waals surface area contributed by atoms with E-state index in [-0.39, 0.29) is 11.4 Å². The van der Waals surface area contributed by atoms with Gasteiger partial charge in [-0.3, -0.25) is 0 Å². The Morgan fingerprint density at radius 2 is 1.71 bits per heavy atom. The molecule has 0 aliphatic rings. The van der Waals surface area contributed by atoms with Gasteiger partial charge in [0.2, 0.25) is 0 Å². The van der Waals surface area contributed by atoms with Gasteiger partial charge in [0.25, 0.3) is 0 Å². The van der Waals surface area contributed by atoms with Crippen molar-refractivity contribution < 1.29 is 9.13 Å². The first-order valence-corrected chi connectivity index (χ1v) is 10.3. The Bertz CT molecular complexity index is 1270.